The summed E-state index contributed by atoms with van der Waals surface area (Å²) in [6.07, 6.45) is 60.4. The van der Waals surface area contributed by atoms with Crippen LogP contribution >= 0.6 is 7.82 Å². The van der Waals surface area contributed by atoms with Crippen LogP contribution in [0.4, 0.5) is 0 Å². The monoisotopic (exact) mass is 915 g/mol. The van der Waals surface area contributed by atoms with E-state index in [-0.39, 0.29) is 32.0 Å². The number of hydrogen-bond acceptors (Lipinski definition) is 7. The molecule has 0 aromatic heterocycles. The molecule has 9 nitrogen and oxygen atoms in total. The van der Waals surface area contributed by atoms with Crippen molar-refractivity contribution in [3.05, 3.63) is 97.2 Å². The zero-order valence-corrected chi connectivity index (χ0v) is 42.1. The number of quaternary nitrogens is 1. The van der Waals surface area contributed by atoms with Gasteiger partial charge in [-0.1, -0.05) is 188 Å². The van der Waals surface area contributed by atoms with Gasteiger partial charge in [-0.05, 0) is 77.0 Å². The van der Waals surface area contributed by atoms with Crippen LogP contribution in [0.1, 0.15) is 181 Å². The molecule has 0 radical (unpaired) electrons. The molecule has 0 spiro atoms. The highest BCUT2D eigenvalue weighted by Gasteiger charge is 2.27. The fraction of sp³-hybridized carbons (Fsp3) is 0.667. The third-order valence-corrected chi connectivity index (χ3v) is 11.1. The van der Waals surface area contributed by atoms with Gasteiger partial charge in [-0.25, -0.2) is 4.57 Å². The number of carbonyl (C=O) groups is 2. The number of carbonyl (C=O) groups excluding carboxylic acids is 2. The normalized spacial score (nSPS) is 14.3. The highest BCUT2D eigenvalue weighted by Crippen LogP contribution is 2.43. The first-order valence-corrected chi connectivity index (χ1v) is 26.5. The summed E-state index contributed by atoms with van der Waals surface area (Å²) >= 11 is 0. The summed E-state index contributed by atoms with van der Waals surface area (Å²) in [6.45, 7) is 4.24. The second kappa shape index (κ2) is 45.1. The van der Waals surface area contributed by atoms with E-state index < -0.39 is 26.5 Å². The number of rotatable bonds is 44. The predicted molar refractivity (Wildman–Crippen MR) is 270 cm³/mol. The molecule has 10 heteroatoms. The second-order valence-electron chi connectivity index (χ2n) is 17.5. The van der Waals surface area contributed by atoms with E-state index >= 15 is 0 Å². The van der Waals surface area contributed by atoms with Crippen molar-refractivity contribution in [2.45, 2.75) is 187 Å². The Morgan fingerprint density at radius 3 is 1.33 bits per heavy atom. The number of allylic oxidation sites excluding steroid dienone is 16. The minimum atomic E-state index is -4.40. The molecule has 366 valence electrons. The Kier molecular flexibility index (Phi) is 42.9. The molecular formula is C54H93NO8P+. The Morgan fingerprint density at radius 2 is 0.891 bits per heavy atom. The smallest absolute Gasteiger partial charge is 0.462 e. The third-order valence-electron chi connectivity index (χ3n) is 10.1. The van der Waals surface area contributed by atoms with Gasteiger partial charge >= 0.3 is 19.8 Å². The Bertz CT molecular complexity index is 1400. The SMILES string of the molecule is CC/C=C\C/C=C\C/C=C\C/C=C\C/C=C\C/C=C\C/C=C\C/C=C\CCCCC(=O)OC(COC(=O)CCCCCCCCCCCCCCC)COP(=O)(O)OCC[N+](C)(C)C. The molecule has 0 rings (SSSR count). The average molecular weight is 915 g/mol. The van der Waals surface area contributed by atoms with Crippen LogP contribution in [0, 0.1) is 0 Å². The minimum absolute atomic E-state index is 0.0188. The van der Waals surface area contributed by atoms with E-state index in [1.165, 1.54) is 64.2 Å². The Balaban J connectivity index is 4.37. The third kappa shape index (κ3) is 48.4. The largest absolute Gasteiger partial charge is 0.472 e. The summed E-state index contributed by atoms with van der Waals surface area (Å²) in [5.74, 6) is -0.855. The number of esters is 2. The highest BCUT2D eigenvalue weighted by molar-refractivity contribution is 7.47. The number of nitrogens with zero attached hydrogens (tertiary/aromatic N) is 1. The molecule has 0 bridgehead atoms. The van der Waals surface area contributed by atoms with Gasteiger partial charge in [-0.3, -0.25) is 18.6 Å². The fourth-order valence-electron chi connectivity index (χ4n) is 6.26. The number of unbranched alkanes of at least 4 members (excludes halogenated alkanes) is 14. The van der Waals surface area contributed by atoms with E-state index in [0.717, 1.165) is 83.5 Å². The van der Waals surface area contributed by atoms with Gasteiger partial charge in [-0.2, -0.15) is 0 Å². The minimum Gasteiger partial charge on any atom is -0.462 e. The maximum Gasteiger partial charge on any atom is 0.472 e. The van der Waals surface area contributed by atoms with Crippen molar-refractivity contribution in [2.75, 3.05) is 47.5 Å². The Hall–Kier alpha value is -3.07. The number of phosphoric ester groups is 1. The molecule has 0 heterocycles. The van der Waals surface area contributed by atoms with Gasteiger partial charge in [0.1, 0.15) is 19.8 Å². The van der Waals surface area contributed by atoms with Crippen LogP contribution in [0.15, 0.2) is 97.2 Å². The molecule has 0 saturated heterocycles. The first-order valence-electron chi connectivity index (χ1n) is 25.0. The summed E-state index contributed by atoms with van der Waals surface area (Å²) in [7, 11) is 1.43. The van der Waals surface area contributed by atoms with Gasteiger partial charge in [0.2, 0.25) is 0 Å². The van der Waals surface area contributed by atoms with Crippen LogP contribution in [-0.2, 0) is 32.7 Å². The topological polar surface area (TPSA) is 108 Å². The molecular weight excluding hydrogens is 822 g/mol. The standard InChI is InChI=1S/C54H92NO8P/c1-6-8-10-12-14-16-18-20-21-22-23-24-25-26-27-28-29-30-31-32-33-35-37-39-41-43-45-47-54(57)63-52(51-62-64(58,59)61-49-48-55(3,4)5)50-60-53(56)46-44-42-40-38-36-34-19-17-15-13-11-9-7-2/h8,10,14,16,20-21,23-24,26-27,29-30,32-33,37,39,52H,6-7,9,11-13,15,17-19,22,25,28,31,34-36,38,40-51H2,1-5H3/p+1/b10-8-,16-14-,21-20-,24-23-,27-26-,30-29-,33-32-,39-37-. The van der Waals surface area contributed by atoms with Crippen molar-refractivity contribution in [1.29, 1.82) is 0 Å². The lowest BCUT2D eigenvalue weighted by molar-refractivity contribution is -0.870. The van der Waals surface area contributed by atoms with Crippen molar-refractivity contribution in [3.63, 3.8) is 0 Å². The van der Waals surface area contributed by atoms with Gasteiger partial charge < -0.3 is 18.9 Å². The van der Waals surface area contributed by atoms with E-state index in [2.05, 4.69) is 111 Å². The van der Waals surface area contributed by atoms with Crippen LogP contribution in [0.5, 0.6) is 0 Å². The van der Waals surface area contributed by atoms with Crippen LogP contribution < -0.4 is 0 Å². The van der Waals surface area contributed by atoms with Crippen molar-refractivity contribution in [3.8, 4) is 0 Å². The molecule has 0 aromatic carbocycles. The summed E-state index contributed by atoms with van der Waals surface area (Å²) in [5.41, 5.74) is 0. The van der Waals surface area contributed by atoms with Crippen LogP contribution in [-0.4, -0.2) is 74.9 Å². The van der Waals surface area contributed by atoms with E-state index in [1.54, 1.807) is 0 Å². The van der Waals surface area contributed by atoms with Crippen molar-refractivity contribution < 1.29 is 42.1 Å². The zero-order valence-electron chi connectivity index (χ0n) is 41.2. The molecule has 0 aliphatic heterocycles. The molecule has 2 unspecified atom stereocenters. The lowest BCUT2D eigenvalue weighted by atomic mass is 10.0. The first kappa shape index (κ1) is 60.9. The molecule has 0 amide bonds. The van der Waals surface area contributed by atoms with Gasteiger partial charge in [0, 0.05) is 12.8 Å². The molecule has 64 heavy (non-hydrogen) atoms. The van der Waals surface area contributed by atoms with E-state index in [1.807, 2.05) is 21.1 Å². The van der Waals surface area contributed by atoms with E-state index in [4.69, 9.17) is 18.5 Å². The summed E-state index contributed by atoms with van der Waals surface area (Å²) in [4.78, 5) is 35.5. The lowest BCUT2D eigenvalue weighted by Gasteiger charge is -2.24. The Labute approximate surface area is 392 Å². The molecule has 2 atom stereocenters. The van der Waals surface area contributed by atoms with Gasteiger partial charge in [0.05, 0.1) is 27.7 Å². The molecule has 0 fully saturated rings. The number of phosphoric acid groups is 1. The average Bonchev–Trinajstić information content (AvgIpc) is 3.25. The molecule has 0 aliphatic rings. The van der Waals surface area contributed by atoms with Gasteiger partial charge in [0.15, 0.2) is 6.10 Å². The quantitative estimate of drug-likeness (QED) is 0.0212. The Morgan fingerprint density at radius 1 is 0.500 bits per heavy atom. The van der Waals surface area contributed by atoms with Crippen molar-refractivity contribution in [2.24, 2.45) is 0 Å². The summed E-state index contributed by atoms with van der Waals surface area (Å²) < 4.78 is 34.3. The maximum atomic E-state index is 12.7. The molecule has 0 aliphatic carbocycles. The number of hydrogen-bond donors (Lipinski definition) is 1. The van der Waals surface area contributed by atoms with Crippen molar-refractivity contribution in [1.82, 2.24) is 0 Å². The summed E-state index contributed by atoms with van der Waals surface area (Å²) in [6, 6.07) is 0. The zero-order chi connectivity index (χ0) is 47.1. The van der Waals surface area contributed by atoms with Crippen molar-refractivity contribution >= 4 is 19.8 Å². The van der Waals surface area contributed by atoms with E-state index in [0.29, 0.717) is 17.4 Å². The summed E-state index contributed by atoms with van der Waals surface area (Å²) in [5, 5.41) is 0. The van der Waals surface area contributed by atoms with Crippen LogP contribution in [0.2, 0.25) is 0 Å². The first-order chi connectivity index (χ1) is 31.0. The second-order valence-corrected chi connectivity index (χ2v) is 18.9. The maximum absolute atomic E-state index is 12.7. The molecule has 0 aromatic rings. The molecule has 0 saturated carbocycles. The highest BCUT2D eigenvalue weighted by atomic mass is 31.2. The molecule has 1 N–H and O–H groups in total. The predicted octanol–water partition coefficient (Wildman–Crippen LogP) is 14.9. The van der Waals surface area contributed by atoms with Crippen LogP contribution in [0.25, 0.3) is 0 Å². The van der Waals surface area contributed by atoms with Gasteiger partial charge in [0.25, 0.3) is 0 Å². The fourth-order valence-corrected chi connectivity index (χ4v) is 7.01. The van der Waals surface area contributed by atoms with Gasteiger partial charge in [-0.15, -0.1) is 0 Å². The lowest BCUT2D eigenvalue weighted by Crippen LogP contribution is -2.37. The number of ether oxygens (including phenoxy) is 2. The van der Waals surface area contributed by atoms with Crippen LogP contribution in [0.3, 0.4) is 0 Å². The van der Waals surface area contributed by atoms with E-state index in [9.17, 15) is 19.0 Å². The number of likely N-dealkylation sites (N-methyl/N-ethyl adjacent to an activating group) is 1.